The van der Waals surface area contributed by atoms with Gasteiger partial charge in [0.05, 0.1) is 12.2 Å². The minimum Gasteiger partial charge on any atom is -0.381 e. The maximum atomic E-state index is 12.9. The molecule has 1 aliphatic heterocycles. The first-order chi connectivity index (χ1) is 9.48. The van der Waals surface area contributed by atoms with Crippen LogP contribution in [-0.4, -0.2) is 26.4 Å². The summed E-state index contributed by atoms with van der Waals surface area (Å²) < 4.78 is 49.4. The zero-order valence-electron chi connectivity index (χ0n) is 11.5. The minimum atomic E-state index is -4.31. The molecule has 1 aromatic carbocycles. The average Bonchev–Trinajstić information content (AvgIpc) is 2.45. The Morgan fingerprint density at radius 1 is 1.25 bits per heavy atom. The van der Waals surface area contributed by atoms with Crippen LogP contribution in [0.3, 0.4) is 0 Å². The van der Waals surface area contributed by atoms with E-state index in [2.05, 4.69) is 0 Å². The Kier molecular flexibility index (Phi) is 4.70. The fourth-order valence-electron chi connectivity index (χ4n) is 2.60. The van der Waals surface area contributed by atoms with Gasteiger partial charge in [0.1, 0.15) is 0 Å². The molecule has 0 aliphatic carbocycles. The number of alkyl halides is 3. The van der Waals surface area contributed by atoms with Crippen molar-refractivity contribution in [3.63, 3.8) is 0 Å². The third-order valence-corrected chi connectivity index (χ3v) is 3.83. The molecule has 0 atom stereocenters. The molecule has 0 bridgehead atoms. The molecular formula is C15H19F3O2. The Labute approximate surface area is 116 Å². The van der Waals surface area contributed by atoms with Crippen molar-refractivity contribution in [1.82, 2.24) is 0 Å². The molecule has 0 aromatic heterocycles. The monoisotopic (exact) mass is 288 g/mol. The van der Waals surface area contributed by atoms with Crippen LogP contribution in [0, 0.1) is 0 Å². The molecule has 1 fully saturated rings. The van der Waals surface area contributed by atoms with Gasteiger partial charge < -0.3 is 9.47 Å². The van der Waals surface area contributed by atoms with Gasteiger partial charge in [0.25, 0.3) is 0 Å². The van der Waals surface area contributed by atoms with Crippen molar-refractivity contribution in [2.75, 3.05) is 26.4 Å². The molecule has 0 unspecified atom stereocenters. The highest BCUT2D eigenvalue weighted by Gasteiger charge is 2.37. The Morgan fingerprint density at radius 2 is 1.95 bits per heavy atom. The van der Waals surface area contributed by atoms with Crippen LogP contribution < -0.4 is 0 Å². The van der Waals surface area contributed by atoms with Crippen LogP contribution in [0.15, 0.2) is 24.3 Å². The zero-order valence-corrected chi connectivity index (χ0v) is 11.5. The minimum absolute atomic E-state index is 0.366. The summed E-state index contributed by atoms with van der Waals surface area (Å²) >= 11 is 0. The first kappa shape index (κ1) is 15.3. The number of halogens is 3. The first-order valence-corrected chi connectivity index (χ1v) is 6.81. The van der Waals surface area contributed by atoms with Crippen molar-refractivity contribution in [2.45, 2.75) is 31.4 Å². The Bertz CT molecular complexity index is 437. The molecule has 1 aliphatic rings. The normalized spacial score (nSPS) is 19.0. The number of rotatable bonds is 4. The van der Waals surface area contributed by atoms with Crippen molar-refractivity contribution in [3.05, 3.63) is 35.4 Å². The van der Waals surface area contributed by atoms with Crippen molar-refractivity contribution < 1.29 is 22.6 Å². The van der Waals surface area contributed by atoms with Crippen LogP contribution >= 0.6 is 0 Å². The third kappa shape index (κ3) is 3.33. The summed E-state index contributed by atoms with van der Waals surface area (Å²) in [6.45, 7) is 4.00. The van der Waals surface area contributed by atoms with Crippen molar-refractivity contribution in [2.24, 2.45) is 0 Å². The van der Waals surface area contributed by atoms with Crippen molar-refractivity contribution >= 4 is 0 Å². The predicted octanol–water partition coefficient (Wildman–Crippen LogP) is 3.79. The van der Waals surface area contributed by atoms with Gasteiger partial charge in [-0.1, -0.05) is 18.2 Å². The van der Waals surface area contributed by atoms with Gasteiger partial charge in [0, 0.05) is 25.2 Å². The summed E-state index contributed by atoms with van der Waals surface area (Å²) in [4.78, 5) is 0. The van der Waals surface area contributed by atoms with Gasteiger partial charge in [-0.05, 0) is 31.4 Å². The fourth-order valence-corrected chi connectivity index (χ4v) is 2.60. The molecule has 2 nitrogen and oxygen atoms in total. The van der Waals surface area contributed by atoms with E-state index in [4.69, 9.17) is 9.47 Å². The summed E-state index contributed by atoms with van der Waals surface area (Å²) in [6, 6.07) is 5.60. The van der Waals surface area contributed by atoms with E-state index in [9.17, 15) is 13.2 Å². The lowest BCUT2D eigenvalue weighted by molar-refractivity contribution is -0.137. The maximum absolute atomic E-state index is 12.9. The molecule has 0 N–H and O–H groups in total. The summed E-state index contributed by atoms with van der Waals surface area (Å²) in [5.74, 6) is 0. The van der Waals surface area contributed by atoms with E-state index in [0.29, 0.717) is 44.8 Å². The van der Waals surface area contributed by atoms with E-state index in [-0.39, 0.29) is 5.41 Å². The van der Waals surface area contributed by atoms with Gasteiger partial charge in [-0.25, -0.2) is 0 Å². The summed E-state index contributed by atoms with van der Waals surface area (Å²) in [5.41, 5.74) is -0.267. The van der Waals surface area contributed by atoms with Gasteiger partial charge in [-0.3, -0.25) is 0 Å². The highest BCUT2D eigenvalue weighted by Crippen LogP contribution is 2.38. The highest BCUT2D eigenvalue weighted by molar-refractivity contribution is 5.32. The molecule has 112 valence electrons. The second-order valence-electron chi connectivity index (χ2n) is 5.11. The standard InChI is InChI=1S/C15H19F3O2/c1-2-19-11-14(6-8-20-9-7-14)12-4-3-5-13(10-12)15(16,17)18/h3-5,10H,2,6-9,11H2,1H3. The second kappa shape index (κ2) is 6.14. The van der Waals surface area contributed by atoms with E-state index in [1.807, 2.05) is 6.92 Å². The lowest BCUT2D eigenvalue weighted by atomic mass is 9.74. The summed E-state index contributed by atoms with van der Waals surface area (Å²) in [5, 5.41) is 0. The third-order valence-electron chi connectivity index (χ3n) is 3.83. The van der Waals surface area contributed by atoms with Gasteiger partial charge in [0.2, 0.25) is 0 Å². The maximum Gasteiger partial charge on any atom is 0.416 e. The summed E-state index contributed by atoms with van der Waals surface area (Å²) in [6.07, 6.45) is -2.93. The Morgan fingerprint density at radius 3 is 2.55 bits per heavy atom. The molecule has 0 amide bonds. The van der Waals surface area contributed by atoms with E-state index >= 15 is 0 Å². The van der Waals surface area contributed by atoms with Gasteiger partial charge in [0.15, 0.2) is 0 Å². The molecule has 2 rings (SSSR count). The number of hydrogen-bond acceptors (Lipinski definition) is 2. The second-order valence-corrected chi connectivity index (χ2v) is 5.11. The Hall–Kier alpha value is -1.07. The smallest absolute Gasteiger partial charge is 0.381 e. The number of ether oxygens (including phenoxy) is 2. The number of hydrogen-bond donors (Lipinski definition) is 0. The highest BCUT2D eigenvalue weighted by atomic mass is 19.4. The van der Waals surface area contributed by atoms with Crippen LogP contribution in [0.1, 0.15) is 30.9 Å². The van der Waals surface area contributed by atoms with Crippen LogP contribution in [0.2, 0.25) is 0 Å². The van der Waals surface area contributed by atoms with E-state index < -0.39 is 11.7 Å². The molecule has 0 saturated carbocycles. The number of benzene rings is 1. The van der Waals surface area contributed by atoms with Gasteiger partial charge in [-0.15, -0.1) is 0 Å². The largest absolute Gasteiger partial charge is 0.416 e. The van der Waals surface area contributed by atoms with Crippen LogP contribution in [0.4, 0.5) is 13.2 Å². The topological polar surface area (TPSA) is 18.5 Å². The molecule has 1 heterocycles. The molecule has 1 saturated heterocycles. The Balaban J connectivity index is 2.33. The van der Waals surface area contributed by atoms with Crippen LogP contribution in [0.5, 0.6) is 0 Å². The van der Waals surface area contributed by atoms with Gasteiger partial charge in [-0.2, -0.15) is 13.2 Å². The van der Waals surface area contributed by atoms with E-state index in [1.54, 1.807) is 6.07 Å². The molecule has 20 heavy (non-hydrogen) atoms. The SMILES string of the molecule is CCOCC1(c2cccc(C(F)(F)F)c2)CCOCC1. The average molecular weight is 288 g/mol. The quantitative estimate of drug-likeness (QED) is 0.839. The summed E-state index contributed by atoms with van der Waals surface area (Å²) in [7, 11) is 0. The van der Waals surface area contributed by atoms with Crippen LogP contribution in [-0.2, 0) is 21.1 Å². The lowest BCUT2D eigenvalue weighted by Crippen LogP contribution is -2.38. The predicted molar refractivity (Wildman–Crippen MR) is 69.7 cm³/mol. The van der Waals surface area contributed by atoms with Crippen LogP contribution in [0.25, 0.3) is 0 Å². The molecule has 0 radical (unpaired) electrons. The molecule has 5 heteroatoms. The van der Waals surface area contributed by atoms with Gasteiger partial charge >= 0.3 is 6.18 Å². The van der Waals surface area contributed by atoms with E-state index in [1.165, 1.54) is 12.1 Å². The molecule has 0 spiro atoms. The van der Waals surface area contributed by atoms with Crippen molar-refractivity contribution in [1.29, 1.82) is 0 Å². The van der Waals surface area contributed by atoms with E-state index in [0.717, 1.165) is 6.07 Å². The lowest BCUT2D eigenvalue weighted by Gasteiger charge is -2.37. The fraction of sp³-hybridized carbons (Fsp3) is 0.600. The molecule has 1 aromatic rings. The molecular weight excluding hydrogens is 269 g/mol. The first-order valence-electron chi connectivity index (χ1n) is 6.81. The zero-order chi connectivity index (χ0) is 14.6. The van der Waals surface area contributed by atoms with Crippen molar-refractivity contribution in [3.8, 4) is 0 Å².